The second kappa shape index (κ2) is 7.61. The minimum Gasteiger partial charge on any atom is -0.363 e. The van der Waals surface area contributed by atoms with E-state index in [1.54, 1.807) is 31.2 Å². The number of benzene rings is 1. The van der Waals surface area contributed by atoms with Crippen molar-refractivity contribution in [2.75, 3.05) is 11.9 Å². The molecule has 1 aromatic heterocycles. The highest BCUT2D eigenvalue weighted by Gasteiger charge is 2.15. The Morgan fingerprint density at radius 2 is 2.22 bits per heavy atom. The lowest BCUT2D eigenvalue weighted by atomic mass is 10.1. The van der Waals surface area contributed by atoms with Crippen molar-refractivity contribution in [3.05, 3.63) is 58.5 Å². The molecule has 2 aromatic rings. The minimum absolute atomic E-state index is 0.154. The Morgan fingerprint density at radius 3 is 2.83 bits per heavy atom. The summed E-state index contributed by atoms with van der Waals surface area (Å²) in [7, 11) is 0. The molecule has 0 spiro atoms. The van der Waals surface area contributed by atoms with E-state index in [-0.39, 0.29) is 24.3 Å². The maximum absolute atomic E-state index is 13.9. The first-order valence-corrected chi connectivity index (χ1v) is 7.29. The molecule has 0 radical (unpaired) electrons. The van der Waals surface area contributed by atoms with Gasteiger partial charge in [-0.25, -0.2) is 9.37 Å². The molecule has 2 N–H and O–H groups in total. The molecule has 4 nitrogen and oxygen atoms in total. The first-order valence-electron chi connectivity index (χ1n) is 6.91. The van der Waals surface area contributed by atoms with Gasteiger partial charge in [-0.3, -0.25) is 4.79 Å². The van der Waals surface area contributed by atoms with Crippen LogP contribution >= 0.6 is 11.6 Å². The van der Waals surface area contributed by atoms with Crippen LogP contribution in [0.5, 0.6) is 0 Å². The number of nitrogens with zero attached hydrogens (tertiary/aromatic N) is 1. The molecule has 1 atom stereocenters. The standard InChI is InChI=1S/C17H15ClFN3O/c1-3-9-20-17(23)12-7-8-15(21-10-12)22-11(2)16-13(18)5-4-6-14(16)19/h1,4-8,10-11H,9H2,2H3,(H,20,23)(H,21,22). The molecule has 6 heteroatoms. The van der Waals surface area contributed by atoms with Gasteiger partial charge in [0.25, 0.3) is 5.91 Å². The number of hydrogen-bond acceptors (Lipinski definition) is 3. The molecular formula is C17H15ClFN3O. The van der Waals surface area contributed by atoms with Gasteiger partial charge in [0.05, 0.1) is 18.2 Å². The molecule has 1 amide bonds. The van der Waals surface area contributed by atoms with E-state index in [1.165, 1.54) is 12.3 Å². The predicted octanol–water partition coefficient (Wildman–Crippen LogP) is 3.41. The van der Waals surface area contributed by atoms with Gasteiger partial charge < -0.3 is 10.6 Å². The molecule has 23 heavy (non-hydrogen) atoms. The summed E-state index contributed by atoms with van der Waals surface area (Å²) >= 11 is 6.04. The number of carbonyl (C=O) groups excluding carboxylic acids is 1. The average Bonchev–Trinajstić information content (AvgIpc) is 2.53. The molecule has 0 saturated heterocycles. The van der Waals surface area contributed by atoms with Crippen LogP contribution < -0.4 is 10.6 Å². The smallest absolute Gasteiger partial charge is 0.253 e. The van der Waals surface area contributed by atoms with Crippen LogP contribution in [0.1, 0.15) is 28.9 Å². The van der Waals surface area contributed by atoms with Gasteiger partial charge in [-0.1, -0.05) is 23.6 Å². The van der Waals surface area contributed by atoms with Crippen molar-refractivity contribution in [1.82, 2.24) is 10.3 Å². The Kier molecular flexibility index (Phi) is 5.56. The van der Waals surface area contributed by atoms with Crippen molar-refractivity contribution >= 4 is 23.3 Å². The highest BCUT2D eigenvalue weighted by atomic mass is 35.5. The second-order valence-corrected chi connectivity index (χ2v) is 5.23. The summed E-state index contributed by atoms with van der Waals surface area (Å²) in [4.78, 5) is 15.9. The first kappa shape index (κ1) is 16.8. The van der Waals surface area contributed by atoms with Crippen LogP contribution in [0.15, 0.2) is 36.5 Å². The van der Waals surface area contributed by atoms with Gasteiger partial charge in [-0.05, 0) is 31.2 Å². The van der Waals surface area contributed by atoms with Crippen LogP contribution in [0.25, 0.3) is 0 Å². The number of nitrogens with one attached hydrogen (secondary N) is 2. The lowest BCUT2D eigenvalue weighted by Crippen LogP contribution is -2.23. The highest BCUT2D eigenvalue weighted by molar-refractivity contribution is 6.31. The molecule has 1 heterocycles. The highest BCUT2D eigenvalue weighted by Crippen LogP contribution is 2.27. The molecule has 0 aliphatic carbocycles. The first-order chi connectivity index (χ1) is 11.0. The Balaban J connectivity index is 2.09. The number of aromatic nitrogens is 1. The summed E-state index contributed by atoms with van der Waals surface area (Å²) < 4.78 is 13.9. The second-order valence-electron chi connectivity index (χ2n) is 4.82. The number of carbonyl (C=O) groups is 1. The van der Waals surface area contributed by atoms with Crippen molar-refractivity contribution in [3.8, 4) is 12.3 Å². The van der Waals surface area contributed by atoms with Crippen LogP contribution in [0.4, 0.5) is 10.2 Å². The van der Waals surface area contributed by atoms with E-state index in [0.29, 0.717) is 22.0 Å². The fraction of sp³-hybridized carbons (Fsp3) is 0.176. The SMILES string of the molecule is C#CCNC(=O)c1ccc(NC(C)c2c(F)cccc2Cl)nc1. The number of halogens is 2. The summed E-state index contributed by atoms with van der Waals surface area (Å²) in [6.45, 7) is 1.93. The van der Waals surface area contributed by atoms with E-state index in [9.17, 15) is 9.18 Å². The largest absolute Gasteiger partial charge is 0.363 e. The summed E-state index contributed by atoms with van der Waals surface area (Å²) in [5, 5.41) is 5.94. The van der Waals surface area contributed by atoms with E-state index < -0.39 is 0 Å². The van der Waals surface area contributed by atoms with Crippen molar-refractivity contribution in [3.63, 3.8) is 0 Å². The number of rotatable bonds is 5. The van der Waals surface area contributed by atoms with Crippen LogP contribution in [-0.4, -0.2) is 17.4 Å². The van der Waals surface area contributed by atoms with E-state index in [2.05, 4.69) is 21.5 Å². The van der Waals surface area contributed by atoms with E-state index in [0.717, 1.165) is 0 Å². The molecule has 0 aliphatic heterocycles. The van der Waals surface area contributed by atoms with Crippen LogP contribution in [-0.2, 0) is 0 Å². The lowest BCUT2D eigenvalue weighted by molar-refractivity contribution is 0.0958. The van der Waals surface area contributed by atoms with E-state index >= 15 is 0 Å². The zero-order chi connectivity index (χ0) is 16.8. The topological polar surface area (TPSA) is 54.0 Å². The van der Waals surface area contributed by atoms with Crippen molar-refractivity contribution in [2.45, 2.75) is 13.0 Å². The molecule has 0 saturated carbocycles. The zero-order valence-electron chi connectivity index (χ0n) is 12.4. The third-order valence-electron chi connectivity index (χ3n) is 3.17. The monoisotopic (exact) mass is 331 g/mol. The van der Waals surface area contributed by atoms with Gasteiger partial charge in [0, 0.05) is 16.8 Å². The Hall–Kier alpha value is -2.58. The third kappa shape index (κ3) is 4.21. The molecule has 0 bridgehead atoms. The summed E-state index contributed by atoms with van der Waals surface area (Å²) in [6, 6.07) is 7.40. The average molecular weight is 332 g/mol. The summed E-state index contributed by atoms with van der Waals surface area (Å²) in [5.74, 6) is 2.14. The van der Waals surface area contributed by atoms with Crippen LogP contribution in [0, 0.1) is 18.2 Å². The number of pyridine rings is 1. The number of terminal acetylenes is 1. The minimum atomic E-state index is -0.386. The maximum atomic E-state index is 13.9. The Morgan fingerprint density at radius 1 is 1.43 bits per heavy atom. The normalized spacial score (nSPS) is 11.4. The van der Waals surface area contributed by atoms with Crippen molar-refractivity contribution < 1.29 is 9.18 Å². The maximum Gasteiger partial charge on any atom is 0.253 e. The molecule has 1 aromatic carbocycles. The van der Waals surface area contributed by atoms with Crippen LogP contribution in [0.2, 0.25) is 5.02 Å². The van der Waals surface area contributed by atoms with E-state index in [1.807, 2.05) is 0 Å². The third-order valence-corrected chi connectivity index (χ3v) is 3.50. The number of amides is 1. The Labute approximate surface area is 139 Å². The van der Waals surface area contributed by atoms with Crippen LogP contribution in [0.3, 0.4) is 0 Å². The van der Waals surface area contributed by atoms with Crippen molar-refractivity contribution in [1.29, 1.82) is 0 Å². The molecular weight excluding hydrogens is 317 g/mol. The van der Waals surface area contributed by atoms with Crippen molar-refractivity contribution in [2.24, 2.45) is 0 Å². The van der Waals surface area contributed by atoms with Gasteiger partial charge in [-0.2, -0.15) is 0 Å². The molecule has 118 valence electrons. The quantitative estimate of drug-likeness (QED) is 0.826. The fourth-order valence-electron chi connectivity index (χ4n) is 2.07. The van der Waals surface area contributed by atoms with Gasteiger partial charge >= 0.3 is 0 Å². The summed E-state index contributed by atoms with van der Waals surface area (Å²) in [6.07, 6.45) is 6.50. The Bertz CT molecular complexity index is 720. The predicted molar refractivity (Wildman–Crippen MR) is 88.9 cm³/mol. The molecule has 0 aliphatic rings. The fourth-order valence-corrected chi connectivity index (χ4v) is 2.39. The number of hydrogen-bond donors (Lipinski definition) is 2. The van der Waals surface area contributed by atoms with Gasteiger partial charge in [-0.15, -0.1) is 6.42 Å². The van der Waals surface area contributed by atoms with Gasteiger partial charge in [0.2, 0.25) is 0 Å². The zero-order valence-corrected chi connectivity index (χ0v) is 13.2. The molecule has 1 unspecified atom stereocenters. The lowest BCUT2D eigenvalue weighted by Gasteiger charge is -2.17. The van der Waals surface area contributed by atoms with E-state index in [4.69, 9.17) is 18.0 Å². The molecule has 2 rings (SSSR count). The molecule has 0 fully saturated rings. The number of anilines is 1. The van der Waals surface area contributed by atoms with Gasteiger partial charge in [0.1, 0.15) is 11.6 Å². The van der Waals surface area contributed by atoms with Gasteiger partial charge in [0.15, 0.2) is 0 Å². The summed E-state index contributed by atoms with van der Waals surface area (Å²) in [5.41, 5.74) is 0.759.